The minimum atomic E-state index is -1.82. The van der Waals surface area contributed by atoms with Crippen LogP contribution in [0, 0.1) is 0 Å². The highest BCUT2D eigenvalue weighted by Crippen LogP contribution is 2.18. The molecule has 160 valence electrons. The number of benzene rings is 1. The highest BCUT2D eigenvalue weighted by molar-refractivity contribution is 5.94. The van der Waals surface area contributed by atoms with E-state index < -0.39 is 46.1 Å². The molecule has 0 saturated heterocycles. The van der Waals surface area contributed by atoms with Crippen LogP contribution in [0.3, 0.4) is 0 Å². The number of aromatic nitrogens is 1. The maximum Gasteiger partial charge on any atom is 0.426 e. The zero-order chi connectivity index (χ0) is 22.5. The first kappa shape index (κ1) is 22.5. The molecule has 0 aliphatic rings. The largest absolute Gasteiger partial charge is 0.545 e. The van der Waals surface area contributed by atoms with Gasteiger partial charge in [0.15, 0.2) is 5.69 Å². The molecular weight excluding hydrogens is 396 g/mol. The first-order valence-electron chi connectivity index (χ1n) is 8.79. The zero-order valence-electron chi connectivity index (χ0n) is 16.9. The minimum absolute atomic E-state index is 0.150. The normalized spacial score (nSPS) is 10.8. The lowest BCUT2D eigenvalue weighted by atomic mass is 10.2. The number of methoxy groups -OCH3 is 1. The Hall–Kier alpha value is -3.82. The van der Waals surface area contributed by atoms with Gasteiger partial charge < -0.3 is 24.1 Å². The molecule has 1 aromatic heterocycles. The average Bonchev–Trinajstić information content (AvgIpc) is 2.66. The van der Waals surface area contributed by atoms with Crippen LogP contribution in [0.2, 0.25) is 0 Å². The molecular formula is C20H21N2O8-. The molecule has 1 amide bonds. The molecule has 2 aromatic rings. The number of carboxylic acids is 1. The van der Waals surface area contributed by atoms with Crippen LogP contribution in [0.1, 0.15) is 47.2 Å². The summed E-state index contributed by atoms with van der Waals surface area (Å²) in [5, 5.41) is 11.4. The first-order chi connectivity index (χ1) is 14.0. The second kappa shape index (κ2) is 9.12. The van der Waals surface area contributed by atoms with E-state index in [1.807, 2.05) is 0 Å². The van der Waals surface area contributed by atoms with Crippen molar-refractivity contribution in [1.82, 2.24) is 4.68 Å². The summed E-state index contributed by atoms with van der Waals surface area (Å²) in [4.78, 5) is 48.6. The maximum absolute atomic E-state index is 12.6. The number of hydrogen-bond acceptors (Lipinski definition) is 8. The summed E-state index contributed by atoms with van der Waals surface area (Å²) in [6.07, 6.45) is -0.280. The van der Waals surface area contributed by atoms with Crippen molar-refractivity contribution in [2.45, 2.75) is 33.0 Å². The van der Waals surface area contributed by atoms with E-state index in [1.54, 1.807) is 51.1 Å². The van der Waals surface area contributed by atoms with Gasteiger partial charge in [0.25, 0.3) is 0 Å². The molecule has 0 bridgehead atoms. The van der Waals surface area contributed by atoms with E-state index >= 15 is 0 Å². The standard InChI is InChI=1S/C20H22N2O8/c1-20(2,3)30-19(27)21-22-10-13(17(24)25)15(23)16(14(22)18(26)28-4)29-11-12-8-6-5-7-9-12/h5-10H,11H2,1-4H3,(H,21,27)(H,24,25)/p-1. The van der Waals surface area contributed by atoms with E-state index in [9.17, 15) is 24.3 Å². The number of amides is 1. The smallest absolute Gasteiger partial charge is 0.426 e. The molecule has 30 heavy (non-hydrogen) atoms. The predicted molar refractivity (Wildman–Crippen MR) is 103 cm³/mol. The quantitative estimate of drug-likeness (QED) is 0.689. The summed E-state index contributed by atoms with van der Waals surface area (Å²) in [6.45, 7) is 4.68. The van der Waals surface area contributed by atoms with Gasteiger partial charge in [0, 0.05) is 6.20 Å². The summed E-state index contributed by atoms with van der Waals surface area (Å²) >= 11 is 0. The third kappa shape index (κ3) is 5.60. The SMILES string of the molecule is COC(=O)c1c(OCc2ccccc2)c(=O)c(C(=O)[O-])cn1NC(=O)OC(C)(C)C. The van der Waals surface area contributed by atoms with E-state index in [4.69, 9.17) is 9.47 Å². The van der Waals surface area contributed by atoms with E-state index in [-0.39, 0.29) is 6.61 Å². The van der Waals surface area contributed by atoms with Gasteiger partial charge in [-0.15, -0.1) is 0 Å². The van der Waals surface area contributed by atoms with E-state index in [2.05, 4.69) is 10.2 Å². The number of nitrogens with one attached hydrogen (secondary N) is 1. The summed E-state index contributed by atoms with van der Waals surface area (Å²) in [6, 6.07) is 8.66. The lowest BCUT2D eigenvalue weighted by Crippen LogP contribution is -2.38. The third-order valence-electron chi connectivity index (χ3n) is 3.60. The Bertz CT molecular complexity index is 1010. The van der Waals surface area contributed by atoms with E-state index in [1.165, 1.54) is 0 Å². The Kier molecular flexibility index (Phi) is 6.83. The molecule has 0 fully saturated rings. The molecule has 0 saturated carbocycles. The van der Waals surface area contributed by atoms with Gasteiger partial charge in [-0.1, -0.05) is 30.3 Å². The van der Waals surface area contributed by atoms with Gasteiger partial charge in [0.05, 0.1) is 18.6 Å². The van der Waals surface area contributed by atoms with Crippen molar-refractivity contribution in [3.05, 3.63) is 63.6 Å². The predicted octanol–water partition coefficient (Wildman–Crippen LogP) is 1.06. The summed E-state index contributed by atoms with van der Waals surface area (Å²) < 4.78 is 16.0. The van der Waals surface area contributed by atoms with Crippen LogP contribution in [0.15, 0.2) is 41.3 Å². The number of rotatable bonds is 6. The average molecular weight is 417 g/mol. The molecule has 1 N–H and O–H groups in total. The van der Waals surface area contributed by atoms with Crippen LogP contribution >= 0.6 is 0 Å². The lowest BCUT2D eigenvalue weighted by molar-refractivity contribution is -0.255. The second-order valence-corrected chi connectivity index (χ2v) is 7.09. The number of ether oxygens (including phenoxy) is 3. The molecule has 2 rings (SSSR count). The Morgan fingerprint density at radius 3 is 2.30 bits per heavy atom. The van der Waals surface area contributed by atoms with Gasteiger partial charge >= 0.3 is 12.1 Å². The van der Waals surface area contributed by atoms with Crippen LogP contribution in [-0.4, -0.2) is 35.4 Å². The first-order valence-corrected chi connectivity index (χ1v) is 8.79. The number of carbonyl (C=O) groups is 3. The molecule has 10 nitrogen and oxygen atoms in total. The Balaban J connectivity index is 2.57. The maximum atomic E-state index is 12.6. The Labute approximate surface area is 172 Å². The molecule has 0 aliphatic carbocycles. The monoisotopic (exact) mass is 417 g/mol. The number of nitrogens with zero attached hydrogens (tertiary/aromatic N) is 1. The van der Waals surface area contributed by atoms with Crippen LogP contribution < -0.4 is 20.7 Å². The molecule has 0 atom stereocenters. The molecule has 0 aliphatic heterocycles. The Morgan fingerprint density at radius 2 is 1.77 bits per heavy atom. The zero-order valence-corrected chi connectivity index (χ0v) is 16.9. The summed E-state index contributed by atoms with van der Waals surface area (Å²) in [5.41, 5.74) is -0.491. The van der Waals surface area contributed by atoms with Gasteiger partial charge in [-0.25, -0.2) is 19.7 Å². The van der Waals surface area contributed by atoms with Crippen molar-refractivity contribution < 1.29 is 33.7 Å². The Morgan fingerprint density at radius 1 is 1.13 bits per heavy atom. The number of pyridine rings is 1. The van der Waals surface area contributed by atoms with Crippen molar-refractivity contribution in [3.63, 3.8) is 0 Å². The molecule has 0 radical (unpaired) electrons. The number of esters is 1. The number of hydrogen-bond donors (Lipinski definition) is 1. The fourth-order valence-electron chi connectivity index (χ4n) is 2.38. The van der Waals surface area contributed by atoms with Crippen molar-refractivity contribution in [2.75, 3.05) is 12.5 Å². The second-order valence-electron chi connectivity index (χ2n) is 7.09. The number of aromatic carboxylic acids is 1. The van der Waals surface area contributed by atoms with Gasteiger partial charge in [0.2, 0.25) is 11.2 Å². The lowest BCUT2D eigenvalue weighted by Gasteiger charge is -2.22. The van der Waals surface area contributed by atoms with E-state index in [0.717, 1.165) is 13.3 Å². The molecule has 0 spiro atoms. The highest BCUT2D eigenvalue weighted by atomic mass is 16.6. The van der Waals surface area contributed by atoms with Gasteiger partial charge in [-0.2, -0.15) is 0 Å². The van der Waals surface area contributed by atoms with Crippen LogP contribution in [0.25, 0.3) is 0 Å². The van der Waals surface area contributed by atoms with Crippen LogP contribution in [-0.2, 0) is 16.1 Å². The van der Waals surface area contributed by atoms with Gasteiger partial charge in [0.1, 0.15) is 12.2 Å². The number of carboxylic acid groups (broad SMARTS) is 1. The topological polar surface area (TPSA) is 136 Å². The summed E-state index contributed by atoms with van der Waals surface area (Å²) in [5.74, 6) is -3.49. The molecule has 1 heterocycles. The van der Waals surface area contributed by atoms with Crippen molar-refractivity contribution in [3.8, 4) is 5.75 Å². The fraction of sp³-hybridized carbons (Fsp3) is 0.300. The van der Waals surface area contributed by atoms with E-state index in [0.29, 0.717) is 10.2 Å². The fourth-order valence-corrected chi connectivity index (χ4v) is 2.38. The minimum Gasteiger partial charge on any atom is -0.545 e. The van der Waals surface area contributed by atoms with Crippen LogP contribution in [0.4, 0.5) is 4.79 Å². The van der Waals surface area contributed by atoms with Crippen LogP contribution in [0.5, 0.6) is 5.75 Å². The third-order valence-corrected chi connectivity index (χ3v) is 3.60. The molecule has 10 heteroatoms. The molecule has 0 unspecified atom stereocenters. The summed E-state index contributed by atoms with van der Waals surface area (Å²) in [7, 11) is 1.05. The van der Waals surface area contributed by atoms with Gasteiger partial charge in [-0.3, -0.25) is 4.79 Å². The van der Waals surface area contributed by atoms with Gasteiger partial charge in [-0.05, 0) is 26.3 Å². The van der Waals surface area contributed by atoms with Crippen molar-refractivity contribution >= 4 is 18.0 Å². The number of carbonyl (C=O) groups excluding carboxylic acids is 3. The van der Waals surface area contributed by atoms with Crippen molar-refractivity contribution in [1.29, 1.82) is 0 Å². The highest BCUT2D eigenvalue weighted by Gasteiger charge is 2.26. The molecule has 1 aromatic carbocycles. The van der Waals surface area contributed by atoms with Crippen molar-refractivity contribution in [2.24, 2.45) is 0 Å².